The number of aryl methyl sites for hydroxylation is 1. The van der Waals surface area contributed by atoms with Crippen LogP contribution in [0.25, 0.3) is 0 Å². The number of hydrogen-bond acceptors (Lipinski definition) is 2. The Labute approximate surface area is 136 Å². The zero-order valence-corrected chi connectivity index (χ0v) is 13.5. The lowest BCUT2D eigenvalue weighted by Crippen LogP contribution is -2.32. The number of hydrogen-bond donors (Lipinski definition) is 2. The Kier molecular flexibility index (Phi) is 5.92. The number of nitrogens with one attached hydrogen (secondary N) is 2. The Hall–Kier alpha value is -2.62. The molecule has 4 heteroatoms. The maximum atomic E-state index is 12.2. The second-order valence-electron chi connectivity index (χ2n) is 5.63. The van der Waals surface area contributed by atoms with Crippen molar-refractivity contribution in [3.8, 4) is 0 Å². The molecule has 23 heavy (non-hydrogen) atoms. The summed E-state index contributed by atoms with van der Waals surface area (Å²) in [6, 6.07) is 17.3. The van der Waals surface area contributed by atoms with E-state index in [1.54, 1.807) is 0 Å². The average Bonchev–Trinajstić information content (AvgIpc) is 2.53. The summed E-state index contributed by atoms with van der Waals surface area (Å²) in [4.78, 5) is 23.6. The molecule has 4 nitrogen and oxygen atoms in total. The first-order valence-corrected chi connectivity index (χ1v) is 7.69. The predicted octanol–water partition coefficient (Wildman–Crippen LogP) is 2.88. The molecule has 0 bridgehead atoms. The molecule has 2 amide bonds. The van der Waals surface area contributed by atoms with Crippen molar-refractivity contribution in [2.24, 2.45) is 0 Å². The topological polar surface area (TPSA) is 58.2 Å². The molecule has 0 aliphatic heterocycles. The van der Waals surface area contributed by atoms with Gasteiger partial charge in [0.1, 0.15) is 0 Å². The third-order valence-electron chi connectivity index (χ3n) is 3.58. The van der Waals surface area contributed by atoms with Crippen molar-refractivity contribution in [2.45, 2.75) is 32.9 Å². The Balaban J connectivity index is 1.98. The molecule has 0 fully saturated rings. The molecular formula is C19H22N2O2. The van der Waals surface area contributed by atoms with Gasteiger partial charge in [-0.15, -0.1) is 0 Å². The van der Waals surface area contributed by atoms with Crippen LogP contribution >= 0.6 is 0 Å². The van der Waals surface area contributed by atoms with Gasteiger partial charge in [0.2, 0.25) is 11.8 Å². The third-order valence-corrected chi connectivity index (χ3v) is 3.58. The lowest BCUT2D eigenvalue weighted by atomic mass is 10.0. The molecule has 2 aromatic rings. The number of amides is 2. The lowest BCUT2D eigenvalue weighted by molar-refractivity contribution is -0.122. The summed E-state index contributed by atoms with van der Waals surface area (Å²) in [5.74, 6) is -0.236. The molecule has 2 N–H and O–H groups in total. The molecule has 0 aliphatic carbocycles. The SMILES string of the molecule is CC(=O)N[C@@H](CC(=O)NCc1ccccc1)c1ccc(C)cc1. The summed E-state index contributed by atoms with van der Waals surface area (Å²) in [5.41, 5.74) is 3.12. The van der Waals surface area contributed by atoms with Crippen LogP contribution in [0.4, 0.5) is 0 Å². The van der Waals surface area contributed by atoms with Crippen molar-refractivity contribution in [1.82, 2.24) is 10.6 Å². The first kappa shape index (κ1) is 16.7. The number of carbonyl (C=O) groups is 2. The fourth-order valence-corrected chi connectivity index (χ4v) is 2.35. The van der Waals surface area contributed by atoms with Gasteiger partial charge in [-0.25, -0.2) is 0 Å². The van der Waals surface area contributed by atoms with Gasteiger partial charge in [0.15, 0.2) is 0 Å². The molecule has 0 unspecified atom stereocenters. The Morgan fingerprint density at radius 1 is 1.00 bits per heavy atom. The van der Waals surface area contributed by atoms with Crippen molar-refractivity contribution in [1.29, 1.82) is 0 Å². The molecule has 0 radical (unpaired) electrons. The quantitative estimate of drug-likeness (QED) is 0.862. The highest BCUT2D eigenvalue weighted by Gasteiger charge is 2.16. The van der Waals surface area contributed by atoms with Crippen LogP contribution in [0.15, 0.2) is 54.6 Å². The Morgan fingerprint density at radius 3 is 2.26 bits per heavy atom. The van der Waals surface area contributed by atoms with Gasteiger partial charge in [-0.3, -0.25) is 9.59 Å². The van der Waals surface area contributed by atoms with E-state index in [1.807, 2.05) is 61.5 Å². The van der Waals surface area contributed by atoms with E-state index in [1.165, 1.54) is 6.92 Å². The molecule has 0 spiro atoms. The molecule has 0 aromatic heterocycles. The largest absolute Gasteiger partial charge is 0.352 e. The van der Waals surface area contributed by atoms with Crippen LogP contribution in [0.3, 0.4) is 0 Å². The van der Waals surface area contributed by atoms with Gasteiger partial charge in [-0.1, -0.05) is 60.2 Å². The highest BCUT2D eigenvalue weighted by molar-refractivity contribution is 5.79. The Morgan fingerprint density at radius 2 is 1.65 bits per heavy atom. The molecule has 1 atom stereocenters. The number of carbonyl (C=O) groups excluding carboxylic acids is 2. The molecule has 120 valence electrons. The maximum Gasteiger partial charge on any atom is 0.222 e. The lowest BCUT2D eigenvalue weighted by Gasteiger charge is -2.18. The van der Waals surface area contributed by atoms with E-state index in [2.05, 4.69) is 10.6 Å². The predicted molar refractivity (Wildman–Crippen MR) is 90.6 cm³/mol. The van der Waals surface area contributed by atoms with Crippen molar-refractivity contribution >= 4 is 11.8 Å². The van der Waals surface area contributed by atoms with Gasteiger partial charge in [0, 0.05) is 13.5 Å². The summed E-state index contributed by atoms with van der Waals surface area (Å²) < 4.78 is 0. The summed E-state index contributed by atoms with van der Waals surface area (Å²) in [6.45, 7) is 3.95. The smallest absolute Gasteiger partial charge is 0.222 e. The first-order valence-electron chi connectivity index (χ1n) is 7.69. The van der Waals surface area contributed by atoms with Crippen LogP contribution < -0.4 is 10.6 Å². The van der Waals surface area contributed by atoms with E-state index in [0.717, 1.165) is 16.7 Å². The summed E-state index contributed by atoms with van der Waals surface area (Å²) in [6.07, 6.45) is 0.218. The minimum Gasteiger partial charge on any atom is -0.352 e. The summed E-state index contributed by atoms with van der Waals surface area (Å²) in [7, 11) is 0. The summed E-state index contributed by atoms with van der Waals surface area (Å²) >= 11 is 0. The van der Waals surface area contributed by atoms with Crippen LogP contribution in [0.2, 0.25) is 0 Å². The van der Waals surface area contributed by atoms with E-state index in [9.17, 15) is 9.59 Å². The third kappa shape index (κ3) is 5.58. The van der Waals surface area contributed by atoms with E-state index in [0.29, 0.717) is 6.54 Å². The van der Waals surface area contributed by atoms with E-state index in [4.69, 9.17) is 0 Å². The van der Waals surface area contributed by atoms with E-state index >= 15 is 0 Å². The fourth-order valence-electron chi connectivity index (χ4n) is 2.35. The van der Waals surface area contributed by atoms with Crippen molar-refractivity contribution in [3.05, 3.63) is 71.3 Å². The van der Waals surface area contributed by atoms with Crippen LogP contribution in [-0.2, 0) is 16.1 Å². The Bertz CT molecular complexity index is 651. The monoisotopic (exact) mass is 310 g/mol. The molecule has 2 aromatic carbocycles. The minimum absolute atomic E-state index is 0.0896. The zero-order valence-electron chi connectivity index (χ0n) is 13.5. The van der Waals surface area contributed by atoms with E-state index in [-0.39, 0.29) is 24.3 Å². The first-order chi connectivity index (χ1) is 11.0. The highest BCUT2D eigenvalue weighted by atomic mass is 16.2. The van der Waals surface area contributed by atoms with Gasteiger partial charge < -0.3 is 10.6 Å². The van der Waals surface area contributed by atoms with Gasteiger partial charge >= 0.3 is 0 Å². The fraction of sp³-hybridized carbons (Fsp3) is 0.263. The van der Waals surface area contributed by atoms with Crippen LogP contribution in [0.5, 0.6) is 0 Å². The standard InChI is InChI=1S/C19H22N2O2/c1-14-8-10-17(11-9-14)18(21-15(2)22)12-19(23)20-13-16-6-4-3-5-7-16/h3-11,18H,12-13H2,1-2H3,(H,20,23)(H,21,22)/t18-/m0/s1. The number of rotatable bonds is 6. The molecule has 2 rings (SSSR count). The van der Waals surface area contributed by atoms with Crippen LogP contribution in [0.1, 0.15) is 36.1 Å². The van der Waals surface area contributed by atoms with Gasteiger partial charge in [-0.2, -0.15) is 0 Å². The second-order valence-corrected chi connectivity index (χ2v) is 5.63. The second kappa shape index (κ2) is 8.13. The van der Waals surface area contributed by atoms with Gasteiger partial charge in [0.25, 0.3) is 0 Å². The van der Waals surface area contributed by atoms with Crippen LogP contribution in [0, 0.1) is 6.92 Å². The summed E-state index contributed by atoms with van der Waals surface area (Å²) in [5, 5.41) is 5.74. The normalized spacial score (nSPS) is 11.6. The van der Waals surface area contributed by atoms with Crippen molar-refractivity contribution in [3.63, 3.8) is 0 Å². The van der Waals surface area contributed by atoms with Crippen LogP contribution in [-0.4, -0.2) is 11.8 Å². The highest BCUT2D eigenvalue weighted by Crippen LogP contribution is 2.17. The van der Waals surface area contributed by atoms with Gasteiger partial charge in [0.05, 0.1) is 12.5 Å². The maximum absolute atomic E-state index is 12.2. The molecule has 0 heterocycles. The molecule has 0 saturated carbocycles. The molecule has 0 saturated heterocycles. The minimum atomic E-state index is -0.316. The van der Waals surface area contributed by atoms with Gasteiger partial charge in [-0.05, 0) is 18.1 Å². The van der Waals surface area contributed by atoms with Crippen molar-refractivity contribution < 1.29 is 9.59 Å². The molecule has 0 aliphatic rings. The van der Waals surface area contributed by atoms with E-state index < -0.39 is 0 Å². The molecular weight excluding hydrogens is 288 g/mol. The zero-order chi connectivity index (χ0) is 16.7. The number of benzene rings is 2. The van der Waals surface area contributed by atoms with Crippen molar-refractivity contribution in [2.75, 3.05) is 0 Å². The average molecular weight is 310 g/mol.